The van der Waals surface area contributed by atoms with Gasteiger partial charge >= 0.3 is 0 Å². The Hall–Kier alpha value is -6.26. The monoisotopic (exact) mass is 591 g/mol. The molecule has 0 atom stereocenters. The van der Waals surface area contributed by atoms with E-state index in [1.807, 2.05) is 42.5 Å². The normalized spacial score (nSPS) is 11.9. The Bertz CT molecular complexity index is 2740. The van der Waals surface area contributed by atoms with Gasteiger partial charge in [0.2, 0.25) is 0 Å². The van der Waals surface area contributed by atoms with Gasteiger partial charge in [-0.15, -0.1) is 0 Å². The number of furan rings is 3. The average Bonchev–Trinajstić information content (AvgIpc) is 3.80. The molecule has 0 saturated heterocycles. The lowest BCUT2D eigenvalue weighted by Gasteiger charge is -2.26. The molecule has 0 bridgehead atoms. The van der Waals surface area contributed by atoms with Gasteiger partial charge in [0.1, 0.15) is 28.0 Å². The first-order valence-electron chi connectivity index (χ1n) is 15.4. The van der Waals surface area contributed by atoms with Crippen molar-refractivity contribution in [1.82, 2.24) is 0 Å². The summed E-state index contributed by atoms with van der Waals surface area (Å²) in [5.74, 6) is 0. The summed E-state index contributed by atoms with van der Waals surface area (Å²) in [4.78, 5) is 2.29. The van der Waals surface area contributed by atoms with Gasteiger partial charge in [-0.05, 0) is 53.6 Å². The van der Waals surface area contributed by atoms with E-state index in [0.29, 0.717) is 0 Å². The van der Waals surface area contributed by atoms with E-state index >= 15 is 0 Å². The zero-order valence-electron chi connectivity index (χ0n) is 24.6. The maximum atomic E-state index is 6.78. The van der Waals surface area contributed by atoms with Gasteiger partial charge in [-0.2, -0.15) is 0 Å². The van der Waals surface area contributed by atoms with Gasteiger partial charge in [-0.25, -0.2) is 0 Å². The lowest BCUT2D eigenvalue weighted by Crippen LogP contribution is -2.11. The van der Waals surface area contributed by atoms with Crippen LogP contribution in [-0.2, 0) is 0 Å². The van der Waals surface area contributed by atoms with Crippen LogP contribution < -0.4 is 4.90 Å². The van der Waals surface area contributed by atoms with Crippen LogP contribution in [0.25, 0.3) is 76.9 Å². The van der Waals surface area contributed by atoms with Crippen molar-refractivity contribution in [2.75, 3.05) is 4.90 Å². The fourth-order valence-electron chi connectivity index (χ4n) is 6.98. The summed E-state index contributed by atoms with van der Waals surface area (Å²) in [5.41, 5.74) is 10.0. The maximum Gasteiger partial charge on any atom is 0.160 e. The van der Waals surface area contributed by atoms with Crippen molar-refractivity contribution in [3.8, 4) is 11.1 Å². The third-order valence-electron chi connectivity index (χ3n) is 9.06. The minimum Gasteiger partial charge on any atom is -0.456 e. The lowest BCUT2D eigenvalue weighted by atomic mass is 10.0. The van der Waals surface area contributed by atoms with Crippen LogP contribution in [0.3, 0.4) is 0 Å². The van der Waals surface area contributed by atoms with Crippen LogP contribution in [0.15, 0.2) is 165 Å². The minimum absolute atomic E-state index is 0.792. The molecule has 10 aromatic rings. The molecule has 0 spiro atoms. The summed E-state index contributed by atoms with van der Waals surface area (Å²) in [6.45, 7) is 0. The van der Waals surface area contributed by atoms with Crippen LogP contribution >= 0.6 is 0 Å². The summed E-state index contributed by atoms with van der Waals surface area (Å²) in [5, 5.41) is 6.20. The van der Waals surface area contributed by atoms with E-state index in [1.54, 1.807) is 0 Å². The molecule has 0 aliphatic rings. The van der Waals surface area contributed by atoms with E-state index in [9.17, 15) is 0 Å². The average molecular weight is 592 g/mol. The van der Waals surface area contributed by atoms with Gasteiger partial charge in [0.05, 0.1) is 11.1 Å². The van der Waals surface area contributed by atoms with Crippen molar-refractivity contribution in [2.24, 2.45) is 0 Å². The first-order chi connectivity index (χ1) is 22.8. The topological polar surface area (TPSA) is 42.7 Å². The molecule has 0 radical (unpaired) electrons. The number of fused-ring (bicyclic) bond motifs is 9. The Morgan fingerprint density at radius 1 is 0.370 bits per heavy atom. The number of anilines is 3. The molecular formula is C42H25NO3. The molecule has 0 amide bonds. The number of hydrogen-bond acceptors (Lipinski definition) is 4. The molecule has 46 heavy (non-hydrogen) atoms. The minimum atomic E-state index is 0.792. The van der Waals surface area contributed by atoms with E-state index in [-0.39, 0.29) is 0 Å². The van der Waals surface area contributed by atoms with Crippen molar-refractivity contribution in [2.45, 2.75) is 0 Å². The SMILES string of the molecule is c1ccc(-c2ccc(N(c3cccc4c3oc3ccccc34)c3c4oc5ccccc5c4cc4oc5ccccc5c34)cc2)cc1. The third-order valence-corrected chi connectivity index (χ3v) is 9.06. The Balaban J connectivity index is 1.36. The zero-order chi connectivity index (χ0) is 30.2. The molecule has 7 aromatic carbocycles. The molecule has 0 fully saturated rings. The molecular weight excluding hydrogens is 566 g/mol. The predicted molar refractivity (Wildman–Crippen MR) is 188 cm³/mol. The largest absolute Gasteiger partial charge is 0.456 e. The van der Waals surface area contributed by atoms with Crippen LogP contribution in [0, 0.1) is 0 Å². The van der Waals surface area contributed by atoms with Crippen LogP contribution in [0.2, 0.25) is 0 Å². The fourth-order valence-corrected chi connectivity index (χ4v) is 6.98. The van der Waals surface area contributed by atoms with Gasteiger partial charge in [0.25, 0.3) is 0 Å². The van der Waals surface area contributed by atoms with Crippen LogP contribution in [0.1, 0.15) is 0 Å². The van der Waals surface area contributed by atoms with Crippen LogP contribution in [0.4, 0.5) is 17.1 Å². The number of hydrogen-bond donors (Lipinski definition) is 0. The highest BCUT2D eigenvalue weighted by atomic mass is 16.3. The van der Waals surface area contributed by atoms with Gasteiger partial charge in [0.15, 0.2) is 11.2 Å². The fraction of sp³-hybridized carbons (Fsp3) is 0. The molecule has 0 N–H and O–H groups in total. The van der Waals surface area contributed by atoms with E-state index in [0.717, 1.165) is 88.4 Å². The standard InChI is InChI=1S/C42H25NO3/c1-2-11-26(12-3-1)27-21-23-28(24-22-27)43(34-17-10-16-31-29-13-4-7-18-35(29)45-41(31)34)40-39-32-15-6-9-20-37(32)44-38(39)25-33-30-14-5-8-19-36(30)46-42(33)40/h1-25H. The van der Waals surface area contributed by atoms with E-state index in [4.69, 9.17) is 13.3 Å². The molecule has 3 aromatic heterocycles. The summed E-state index contributed by atoms with van der Waals surface area (Å²) in [6, 6.07) is 52.3. The maximum absolute atomic E-state index is 6.78. The molecule has 4 nitrogen and oxygen atoms in total. The molecule has 4 heteroatoms. The molecule has 0 unspecified atom stereocenters. The number of rotatable bonds is 4. The second-order valence-electron chi connectivity index (χ2n) is 11.7. The van der Waals surface area contributed by atoms with Crippen molar-refractivity contribution < 1.29 is 13.3 Å². The summed E-state index contributed by atoms with van der Waals surface area (Å²) >= 11 is 0. The summed E-state index contributed by atoms with van der Waals surface area (Å²) in [6.07, 6.45) is 0. The predicted octanol–water partition coefficient (Wildman–Crippen LogP) is 12.5. The molecule has 10 rings (SSSR count). The lowest BCUT2D eigenvalue weighted by molar-refractivity contribution is 0.663. The Labute approximate surface area is 263 Å². The molecule has 0 aliphatic carbocycles. The third kappa shape index (κ3) is 3.61. The van der Waals surface area contributed by atoms with Crippen molar-refractivity contribution in [3.05, 3.63) is 152 Å². The van der Waals surface area contributed by atoms with Gasteiger partial charge in [-0.3, -0.25) is 0 Å². The van der Waals surface area contributed by atoms with Crippen molar-refractivity contribution >= 4 is 82.9 Å². The Morgan fingerprint density at radius 3 is 1.67 bits per heavy atom. The van der Waals surface area contributed by atoms with Crippen LogP contribution in [0.5, 0.6) is 0 Å². The van der Waals surface area contributed by atoms with Gasteiger partial charge in [0, 0.05) is 32.6 Å². The highest BCUT2D eigenvalue weighted by Crippen LogP contribution is 2.51. The van der Waals surface area contributed by atoms with E-state index < -0.39 is 0 Å². The Morgan fingerprint density at radius 2 is 0.935 bits per heavy atom. The van der Waals surface area contributed by atoms with E-state index in [1.165, 1.54) is 5.56 Å². The summed E-state index contributed by atoms with van der Waals surface area (Å²) in [7, 11) is 0. The highest BCUT2D eigenvalue weighted by molar-refractivity contribution is 6.25. The summed E-state index contributed by atoms with van der Waals surface area (Å²) < 4.78 is 20.0. The second-order valence-corrected chi connectivity index (χ2v) is 11.7. The van der Waals surface area contributed by atoms with Crippen molar-refractivity contribution in [1.29, 1.82) is 0 Å². The number of nitrogens with zero attached hydrogens (tertiary/aromatic N) is 1. The number of para-hydroxylation sites is 4. The second kappa shape index (κ2) is 9.62. The molecule has 216 valence electrons. The van der Waals surface area contributed by atoms with Crippen LogP contribution in [-0.4, -0.2) is 0 Å². The quantitative estimate of drug-likeness (QED) is 0.204. The molecule has 0 aliphatic heterocycles. The molecule has 3 heterocycles. The highest BCUT2D eigenvalue weighted by Gasteiger charge is 2.28. The number of benzene rings is 7. The smallest absolute Gasteiger partial charge is 0.160 e. The first-order valence-corrected chi connectivity index (χ1v) is 15.4. The van der Waals surface area contributed by atoms with Gasteiger partial charge in [-0.1, -0.05) is 109 Å². The zero-order valence-corrected chi connectivity index (χ0v) is 24.6. The van der Waals surface area contributed by atoms with E-state index in [2.05, 4.69) is 114 Å². The molecule has 0 saturated carbocycles. The first kappa shape index (κ1) is 25.1. The van der Waals surface area contributed by atoms with Gasteiger partial charge < -0.3 is 18.2 Å². The Kier molecular flexibility index (Phi) is 5.25. The van der Waals surface area contributed by atoms with Crippen molar-refractivity contribution in [3.63, 3.8) is 0 Å².